The Kier molecular flexibility index (Phi) is 4.88. The molecule has 2 bridgehead atoms. The Morgan fingerprint density at radius 2 is 2.25 bits per heavy atom. The van der Waals surface area contributed by atoms with Gasteiger partial charge in [-0.15, -0.1) is 6.58 Å². The maximum atomic E-state index is 13.7. The molecule has 3 aliphatic heterocycles. The van der Waals surface area contributed by atoms with Crippen LogP contribution in [-0.4, -0.2) is 35.2 Å². The second-order valence-corrected chi connectivity index (χ2v) is 6.81. The standard InChI is InChI=1S/C20H25FN2O/c1-3-14-12-23-9-7-15(14)10-19(23)20(24)17(6-8-22)18-11-16(21)5-4-13(18)2/h3-6,8,11,14-15,19-20,24H,1-2,7,9-10,12,22H2/b8-6-,18-17+/t14?,15?,19?,20-/m1/s1. The van der Waals surface area contributed by atoms with Crippen LogP contribution >= 0.6 is 0 Å². The van der Waals surface area contributed by atoms with Crippen molar-refractivity contribution < 1.29 is 9.50 Å². The van der Waals surface area contributed by atoms with Gasteiger partial charge in [-0.05, 0) is 71.6 Å². The summed E-state index contributed by atoms with van der Waals surface area (Å²) in [6, 6.07) is 4.45. The highest BCUT2D eigenvalue weighted by atomic mass is 19.1. The van der Waals surface area contributed by atoms with E-state index in [1.807, 2.05) is 6.08 Å². The van der Waals surface area contributed by atoms with Crippen LogP contribution in [0.25, 0.3) is 12.2 Å². The third kappa shape index (κ3) is 3.04. The number of rotatable bonds is 4. The summed E-state index contributed by atoms with van der Waals surface area (Å²) in [6.45, 7) is 9.81. The van der Waals surface area contributed by atoms with Gasteiger partial charge in [0, 0.05) is 12.6 Å². The molecule has 5 atom stereocenters. The lowest BCUT2D eigenvalue weighted by Crippen LogP contribution is -2.57. The fraction of sp³-hybridized carbons (Fsp3) is 0.400. The lowest BCUT2D eigenvalue weighted by molar-refractivity contribution is -0.0254. The predicted octanol–water partition coefficient (Wildman–Crippen LogP) is 1.12. The Bertz CT molecular complexity index is 757. The molecular weight excluding hydrogens is 303 g/mol. The van der Waals surface area contributed by atoms with Crippen molar-refractivity contribution >= 4 is 12.2 Å². The molecule has 0 amide bonds. The molecule has 4 rings (SSSR count). The molecule has 3 saturated heterocycles. The SMILES string of the molecule is C=CC1CN2CCC1CC2[C@H](O)C(/C=C\N)=c1\cc(F)ccc1=C. The number of nitrogens with zero attached hydrogens (tertiary/aromatic N) is 1. The normalized spacial score (nSPS) is 31.9. The van der Waals surface area contributed by atoms with Crippen molar-refractivity contribution in [1.29, 1.82) is 0 Å². The topological polar surface area (TPSA) is 49.5 Å². The van der Waals surface area contributed by atoms with Crippen molar-refractivity contribution in [3.05, 3.63) is 59.4 Å². The minimum atomic E-state index is -0.722. The lowest BCUT2D eigenvalue weighted by atomic mass is 9.73. The molecule has 0 spiro atoms. The molecule has 3 aliphatic rings. The first-order chi connectivity index (χ1) is 11.5. The summed E-state index contributed by atoms with van der Waals surface area (Å²) in [4.78, 5) is 2.32. The first-order valence-corrected chi connectivity index (χ1v) is 8.46. The zero-order valence-corrected chi connectivity index (χ0v) is 13.9. The minimum absolute atomic E-state index is 0.0221. The summed E-state index contributed by atoms with van der Waals surface area (Å²) in [7, 11) is 0. The van der Waals surface area contributed by atoms with Gasteiger partial charge in [0.05, 0.1) is 6.10 Å². The molecule has 1 aromatic rings. The van der Waals surface area contributed by atoms with Gasteiger partial charge in [-0.25, -0.2) is 4.39 Å². The molecule has 0 aliphatic carbocycles. The molecule has 3 fully saturated rings. The average molecular weight is 328 g/mol. The van der Waals surface area contributed by atoms with Gasteiger partial charge in [-0.2, -0.15) is 0 Å². The number of nitrogens with two attached hydrogens (primary N) is 1. The van der Waals surface area contributed by atoms with Crippen LogP contribution in [0.5, 0.6) is 0 Å². The summed E-state index contributed by atoms with van der Waals surface area (Å²) < 4.78 is 13.7. The van der Waals surface area contributed by atoms with E-state index in [-0.39, 0.29) is 11.9 Å². The van der Waals surface area contributed by atoms with E-state index < -0.39 is 6.10 Å². The third-order valence-electron chi connectivity index (χ3n) is 5.50. The van der Waals surface area contributed by atoms with Gasteiger partial charge in [0.1, 0.15) is 5.82 Å². The van der Waals surface area contributed by atoms with Gasteiger partial charge >= 0.3 is 0 Å². The Morgan fingerprint density at radius 3 is 2.88 bits per heavy atom. The number of fused-ring (bicyclic) bond motifs is 3. The Labute approximate surface area is 142 Å². The van der Waals surface area contributed by atoms with Gasteiger partial charge in [0.25, 0.3) is 0 Å². The summed E-state index contributed by atoms with van der Waals surface area (Å²) in [5.74, 6) is 0.708. The van der Waals surface area contributed by atoms with Crippen LogP contribution < -0.4 is 16.2 Å². The molecule has 4 unspecified atom stereocenters. The van der Waals surface area contributed by atoms with Gasteiger partial charge in [-0.1, -0.05) is 18.7 Å². The highest BCUT2D eigenvalue weighted by molar-refractivity contribution is 5.61. The number of halogens is 1. The molecule has 128 valence electrons. The zero-order chi connectivity index (χ0) is 17.3. The van der Waals surface area contributed by atoms with Gasteiger partial charge in [0.15, 0.2) is 0 Å². The van der Waals surface area contributed by atoms with E-state index in [1.54, 1.807) is 12.1 Å². The molecule has 4 heteroatoms. The second-order valence-electron chi connectivity index (χ2n) is 6.81. The van der Waals surface area contributed by atoms with Crippen molar-refractivity contribution in [3.8, 4) is 0 Å². The minimum Gasteiger partial charge on any atom is -0.405 e. The number of hydrogen-bond acceptors (Lipinski definition) is 3. The maximum Gasteiger partial charge on any atom is 0.123 e. The van der Waals surface area contributed by atoms with E-state index in [2.05, 4.69) is 18.1 Å². The van der Waals surface area contributed by atoms with E-state index in [0.717, 1.165) is 25.9 Å². The Hall–Kier alpha value is -1.91. The molecule has 0 saturated carbocycles. The lowest BCUT2D eigenvalue weighted by Gasteiger charge is -2.50. The van der Waals surface area contributed by atoms with Crippen molar-refractivity contribution in [1.82, 2.24) is 4.90 Å². The van der Waals surface area contributed by atoms with Crippen molar-refractivity contribution in [2.24, 2.45) is 17.6 Å². The largest absolute Gasteiger partial charge is 0.405 e. The van der Waals surface area contributed by atoms with Gasteiger partial charge in [0.2, 0.25) is 0 Å². The summed E-state index contributed by atoms with van der Waals surface area (Å²) >= 11 is 0. The van der Waals surface area contributed by atoms with Gasteiger partial charge in [-0.3, -0.25) is 4.90 Å². The molecule has 24 heavy (non-hydrogen) atoms. The second kappa shape index (κ2) is 6.91. The number of aliphatic hydroxyl groups is 1. The van der Waals surface area contributed by atoms with Crippen molar-refractivity contribution in [2.75, 3.05) is 13.1 Å². The quantitative estimate of drug-likeness (QED) is 0.815. The molecule has 1 aromatic carbocycles. The first-order valence-electron chi connectivity index (χ1n) is 8.46. The smallest absolute Gasteiger partial charge is 0.123 e. The highest BCUT2D eigenvalue weighted by Crippen LogP contribution is 2.38. The monoisotopic (exact) mass is 328 g/mol. The molecule has 0 aromatic heterocycles. The number of aliphatic hydroxyl groups excluding tert-OH is 1. The van der Waals surface area contributed by atoms with Crippen LogP contribution in [-0.2, 0) is 0 Å². The van der Waals surface area contributed by atoms with Crippen molar-refractivity contribution in [3.63, 3.8) is 0 Å². The van der Waals surface area contributed by atoms with Crippen LogP contribution in [0.1, 0.15) is 12.8 Å². The maximum absolute atomic E-state index is 13.7. The summed E-state index contributed by atoms with van der Waals surface area (Å²) in [5, 5.41) is 12.4. The van der Waals surface area contributed by atoms with Crippen LogP contribution in [0.4, 0.5) is 4.39 Å². The van der Waals surface area contributed by atoms with Crippen molar-refractivity contribution in [2.45, 2.75) is 25.0 Å². The van der Waals surface area contributed by atoms with E-state index in [0.29, 0.717) is 27.8 Å². The van der Waals surface area contributed by atoms with E-state index in [1.165, 1.54) is 18.3 Å². The third-order valence-corrected chi connectivity index (χ3v) is 5.50. The first kappa shape index (κ1) is 16.9. The van der Waals surface area contributed by atoms with Gasteiger partial charge < -0.3 is 10.8 Å². The van der Waals surface area contributed by atoms with Crippen LogP contribution in [0, 0.1) is 17.7 Å². The fourth-order valence-electron chi connectivity index (χ4n) is 4.18. The summed E-state index contributed by atoms with van der Waals surface area (Å²) in [6.07, 6.45) is 6.43. The molecule has 3 N–H and O–H groups in total. The van der Waals surface area contributed by atoms with Crippen LogP contribution in [0.3, 0.4) is 0 Å². The predicted molar refractivity (Wildman–Crippen MR) is 95.7 cm³/mol. The molecule has 3 heterocycles. The van der Waals surface area contributed by atoms with E-state index >= 15 is 0 Å². The molecular formula is C20H25FN2O. The highest BCUT2D eigenvalue weighted by Gasteiger charge is 2.42. The number of piperidine rings is 3. The molecule has 0 radical (unpaired) electrons. The molecule has 3 nitrogen and oxygen atoms in total. The van der Waals surface area contributed by atoms with Crippen LogP contribution in [0.15, 0.2) is 43.1 Å². The summed E-state index contributed by atoms with van der Waals surface area (Å²) in [5.41, 5.74) is 6.22. The Balaban J connectivity index is 2.00. The Morgan fingerprint density at radius 1 is 1.46 bits per heavy atom. The van der Waals surface area contributed by atoms with Crippen LogP contribution in [0.2, 0.25) is 0 Å². The van der Waals surface area contributed by atoms with E-state index in [9.17, 15) is 9.50 Å². The zero-order valence-electron chi connectivity index (χ0n) is 13.9. The number of benzene rings is 1. The fourth-order valence-corrected chi connectivity index (χ4v) is 4.18. The number of hydrogen-bond donors (Lipinski definition) is 2. The van der Waals surface area contributed by atoms with E-state index in [4.69, 9.17) is 5.73 Å². The average Bonchev–Trinajstić information content (AvgIpc) is 2.61.